The van der Waals surface area contributed by atoms with E-state index in [4.69, 9.17) is 21.1 Å². The average molecular weight is 402 g/mol. The van der Waals surface area contributed by atoms with E-state index in [0.29, 0.717) is 27.3 Å². The molecule has 3 rings (SSSR count). The fraction of sp³-hybridized carbons (Fsp3) is 0.150. The number of ether oxygens (including phenoxy) is 3. The van der Waals surface area contributed by atoms with E-state index in [1.807, 2.05) is 0 Å². The summed E-state index contributed by atoms with van der Waals surface area (Å²) in [5.74, 6) is -0.604. The Morgan fingerprint density at radius 2 is 1.75 bits per heavy atom. The maximum Gasteiger partial charge on any atom is 0.360 e. The van der Waals surface area contributed by atoms with Gasteiger partial charge in [-0.05, 0) is 42.5 Å². The highest BCUT2D eigenvalue weighted by Crippen LogP contribution is 2.34. The predicted octanol–water partition coefficient (Wildman–Crippen LogP) is 4.24. The van der Waals surface area contributed by atoms with Gasteiger partial charge in [-0.25, -0.2) is 9.78 Å². The molecule has 0 saturated heterocycles. The maximum atomic E-state index is 11.9. The monoisotopic (exact) mass is 401 g/mol. The summed E-state index contributed by atoms with van der Waals surface area (Å²) < 4.78 is 15.5. The third-order valence-corrected chi connectivity index (χ3v) is 4.12. The number of pyridine rings is 1. The van der Waals surface area contributed by atoms with Crippen molar-refractivity contribution in [1.82, 2.24) is 4.98 Å². The standard InChI is InChI=1S/C20H16ClNO6/c1-11(23)27-10-17-16-9-14(28-13-5-3-12(21)4-6-13)7-8-15(16)19(24)18(22-17)20(25)26-2/h3-9,24H,10H2,1-2H3. The lowest BCUT2D eigenvalue weighted by Gasteiger charge is -2.13. The van der Waals surface area contributed by atoms with E-state index >= 15 is 0 Å². The van der Waals surface area contributed by atoms with E-state index in [2.05, 4.69) is 9.72 Å². The summed E-state index contributed by atoms with van der Waals surface area (Å²) in [5.41, 5.74) is 0.0217. The first-order valence-electron chi connectivity index (χ1n) is 8.19. The van der Waals surface area contributed by atoms with Gasteiger partial charge in [0, 0.05) is 22.7 Å². The zero-order valence-electron chi connectivity index (χ0n) is 15.1. The highest BCUT2D eigenvalue weighted by atomic mass is 35.5. The second-order valence-electron chi connectivity index (χ2n) is 5.79. The molecule has 0 fully saturated rings. The molecule has 0 spiro atoms. The van der Waals surface area contributed by atoms with Crippen molar-refractivity contribution >= 4 is 34.3 Å². The van der Waals surface area contributed by atoms with Crippen molar-refractivity contribution < 1.29 is 28.9 Å². The van der Waals surface area contributed by atoms with Crippen LogP contribution in [-0.2, 0) is 20.9 Å². The Morgan fingerprint density at radius 1 is 1.07 bits per heavy atom. The van der Waals surface area contributed by atoms with Gasteiger partial charge in [-0.15, -0.1) is 0 Å². The predicted molar refractivity (Wildman–Crippen MR) is 102 cm³/mol. The first kappa shape index (κ1) is 19.4. The van der Waals surface area contributed by atoms with Crippen molar-refractivity contribution in [3.63, 3.8) is 0 Å². The molecule has 0 bridgehead atoms. The minimum Gasteiger partial charge on any atom is -0.505 e. The fourth-order valence-electron chi connectivity index (χ4n) is 2.57. The Morgan fingerprint density at radius 3 is 2.39 bits per heavy atom. The van der Waals surface area contributed by atoms with Crippen LogP contribution in [-0.4, -0.2) is 29.1 Å². The van der Waals surface area contributed by atoms with Gasteiger partial charge in [0.25, 0.3) is 0 Å². The van der Waals surface area contributed by atoms with Crippen molar-refractivity contribution in [2.45, 2.75) is 13.5 Å². The van der Waals surface area contributed by atoms with Crippen molar-refractivity contribution in [2.24, 2.45) is 0 Å². The lowest BCUT2D eigenvalue weighted by atomic mass is 10.1. The molecule has 0 saturated carbocycles. The molecule has 8 heteroatoms. The lowest BCUT2D eigenvalue weighted by Crippen LogP contribution is -2.09. The quantitative estimate of drug-likeness (QED) is 0.639. The first-order valence-corrected chi connectivity index (χ1v) is 8.57. The van der Waals surface area contributed by atoms with Gasteiger partial charge < -0.3 is 19.3 Å². The Labute approximate surface area is 165 Å². The summed E-state index contributed by atoms with van der Waals surface area (Å²) in [5, 5.41) is 11.8. The summed E-state index contributed by atoms with van der Waals surface area (Å²) in [6.07, 6.45) is 0. The van der Waals surface area contributed by atoms with Crippen LogP contribution in [0.25, 0.3) is 10.8 Å². The van der Waals surface area contributed by atoms with Crippen LogP contribution in [0.1, 0.15) is 23.1 Å². The number of benzene rings is 2. The van der Waals surface area contributed by atoms with Crippen LogP contribution in [0.4, 0.5) is 0 Å². The first-order chi connectivity index (χ1) is 13.4. The third kappa shape index (κ3) is 4.15. The van der Waals surface area contributed by atoms with Gasteiger partial charge in [0.2, 0.25) is 0 Å². The van der Waals surface area contributed by atoms with Crippen LogP contribution in [0, 0.1) is 0 Å². The molecule has 0 aliphatic heterocycles. The van der Waals surface area contributed by atoms with Crippen LogP contribution < -0.4 is 4.74 Å². The number of hydrogen-bond acceptors (Lipinski definition) is 7. The van der Waals surface area contributed by atoms with Gasteiger partial charge in [0.1, 0.15) is 18.1 Å². The van der Waals surface area contributed by atoms with Crippen LogP contribution in [0.2, 0.25) is 5.02 Å². The van der Waals surface area contributed by atoms with Crippen LogP contribution in [0.3, 0.4) is 0 Å². The van der Waals surface area contributed by atoms with Crippen LogP contribution >= 0.6 is 11.6 Å². The second-order valence-corrected chi connectivity index (χ2v) is 6.23. The Balaban J connectivity index is 2.08. The molecule has 1 aromatic heterocycles. The number of rotatable bonds is 5. The van der Waals surface area contributed by atoms with Crippen LogP contribution in [0.5, 0.6) is 17.2 Å². The van der Waals surface area contributed by atoms with E-state index in [-0.39, 0.29) is 23.7 Å². The largest absolute Gasteiger partial charge is 0.505 e. The zero-order valence-corrected chi connectivity index (χ0v) is 15.8. The van der Waals surface area contributed by atoms with Crippen LogP contribution in [0.15, 0.2) is 42.5 Å². The highest BCUT2D eigenvalue weighted by molar-refractivity contribution is 6.30. The number of carbonyl (C=O) groups excluding carboxylic acids is 2. The van der Waals surface area contributed by atoms with E-state index in [9.17, 15) is 14.7 Å². The van der Waals surface area contributed by atoms with Gasteiger partial charge in [-0.2, -0.15) is 0 Å². The minimum absolute atomic E-state index is 0.180. The third-order valence-electron chi connectivity index (χ3n) is 3.87. The molecule has 1 heterocycles. The Kier molecular flexibility index (Phi) is 5.65. The normalized spacial score (nSPS) is 10.5. The molecule has 0 aliphatic carbocycles. The number of hydrogen-bond donors (Lipinski definition) is 1. The molecule has 28 heavy (non-hydrogen) atoms. The van der Waals surface area contributed by atoms with E-state index in [0.717, 1.165) is 0 Å². The van der Waals surface area contributed by atoms with Gasteiger partial charge in [-0.3, -0.25) is 4.79 Å². The van der Waals surface area contributed by atoms with Gasteiger partial charge in [-0.1, -0.05) is 11.6 Å². The number of halogens is 1. The van der Waals surface area contributed by atoms with Gasteiger partial charge >= 0.3 is 11.9 Å². The summed E-state index contributed by atoms with van der Waals surface area (Å²) in [6, 6.07) is 11.7. The number of esters is 2. The molecular weight excluding hydrogens is 386 g/mol. The summed E-state index contributed by atoms with van der Waals surface area (Å²) in [7, 11) is 1.18. The number of fused-ring (bicyclic) bond motifs is 1. The second kappa shape index (κ2) is 8.14. The topological polar surface area (TPSA) is 95.0 Å². The van der Waals surface area contributed by atoms with E-state index in [1.54, 1.807) is 42.5 Å². The number of methoxy groups -OCH3 is 1. The maximum absolute atomic E-state index is 11.9. The average Bonchev–Trinajstić information content (AvgIpc) is 2.68. The Bertz CT molecular complexity index is 1050. The number of aromatic nitrogens is 1. The molecule has 0 atom stereocenters. The Hall–Kier alpha value is -3.32. The SMILES string of the molecule is COC(=O)c1nc(COC(C)=O)c2cc(Oc3ccc(Cl)cc3)ccc2c1O. The smallest absolute Gasteiger partial charge is 0.360 e. The van der Waals surface area contributed by atoms with Gasteiger partial charge in [0.15, 0.2) is 11.4 Å². The zero-order chi connectivity index (χ0) is 20.3. The number of aromatic hydroxyl groups is 1. The minimum atomic E-state index is -0.801. The van der Waals surface area contributed by atoms with E-state index < -0.39 is 11.9 Å². The molecule has 0 unspecified atom stereocenters. The fourth-order valence-corrected chi connectivity index (χ4v) is 2.69. The highest BCUT2D eigenvalue weighted by Gasteiger charge is 2.20. The summed E-state index contributed by atoms with van der Waals surface area (Å²) in [6.45, 7) is 1.08. The molecule has 1 N–H and O–H groups in total. The molecule has 7 nitrogen and oxygen atoms in total. The molecular formula is C20H16ClNO6. The van der Waals surface area contributed by atoms with Crippen molar-refractivity contribution in [3.8, 4) is 17.2 Å². The lowest BCUT2D eigenvalue weighted by molar-refractivity contribution is -0.142. The van der Waals surface area contributed by atoms with Gasteiger partial charge in [0.05, 0.1) is 12.8 Å². The summed E-state index contributed by atoms with van der Waals surface area (Å²) >= 11 is 5.87. The molecule has 144 valence electrons. The van der Waals surface area contributed by atoms with Crippen molar-refractivity contribution in [1.29, 1.82) is 0 Å². The number of nitrogens with zero attached hydrogens (tertiary/aromatic N) is 1. The molecule has 0 aliphatic rings. The summed E-state index contributed by atoms with van der Waals surface area (Å²) in [4.78, 5) is 27.2. The molecule has 3 aromatic rings. The molecule has 2 aromatic carbocycles. The molecule has 0 amide bonds. The van der Waals surface area contributed by atoms with Crippen molar-refractivity contribution in [2.75, 3.05) is 7.11 Å². The van der Waals surface area contributed by atoms with Crippen molar-refractivity contribution in [3.05, 3.63) is 58.9 Å². The molecule has 0 radical (unpaired) electrons. The van der Waals surface area contributed by atoms with E-state index in [1.165, 1.54) is 14.0 Å². The number of carbonyl (C=O) groups is 2.